The second-order valence-electron chi connectivity index (χ2n) is 9.17. The van der Waals surface area contributed by atoms with E-state index in [0.29, 0.717) is 22.0 Å². The maximum Gasteiger partial charge on any atom is 0.261 e. The first kappa shape index (κ1) is 27.0. The van der Waals surface area contributed by atoms with Crippen LogP contribution in [0.2, 0.25) is 10.0 Å². The minimum Gasteiger partial charge on any atom is -0.481 e. The van der Waals surface area contributed by atoms with Crippen molar-refractivity contribution in [2.45, 2.75) is 50.7 Å². The van der Waals surface area contributed by atoms with Gasteiger partial charge in [-0.3, -0.25) is 9.59 Å². The zero-order chi connectivity index (χ0) is 26.2. The van der Waals surface area contributed by atoms with Crippen LogP contribution in [0.5, 0.6) is 5.75 Å². The average molecular weight is 543 g/mol. The van der Waals surface area contributed by atoms with Crippen molar-refractivity contribution in [3.8, 4) is 5.75 Å². The van der Waals surface area contributed by atoms with E-state index in [-0.39, 0.29) is 24.2 Å². The van der Waals surface area contributed by atoms with Crippen LogP contribution in [-0.4, -0.2) is 35.4 Å². The maximum atomic E-state index is 14.1. The van der Waals surface area contributed by atoms with Crippen molar-refractivity contribution in [3.63, 3.8) is 0 Å². The van der Waals surface area contributed by atoms with E-state index in [9.17, 15) is 14.0 Å². The fraction of sp³-hybridized carbons (Fsp3) is 0.310. The number of nitrogens with one attached hydrogen (secondary N) is 1. The van der Waals surface area contributed by atoms with Gasteiger partial charge in [-0.05, 0) is 48.2 Å². The van der Waals surface area contributed by atoms with Gasteiger partial charge >= 0.3 is 0 Å². The number of nitrogens with zero attached hydrogens (tertiary/aromatic N) is 1. The molecule has 0 bridgehead atoms. The first-order valence-electron chi connectivity index (χ1n) is 12.4. The molecule has 0 spiro atoms. The molecule has 1 aliphatic carbocycles. The minimum absolute atomic E-state index is 0.0321. The highest BCUT2D eigenvalue weighted by Crippen LogP contribution is 2.25. The van der Waals surface area contributed by atoms with E-state index >= 15 is 0 Å². The van der Waals surface area contributed by atoms with Gasteiger partial charge in [0, 0.05) is 29.1 Å². The summed E-state index contributed by atoms with van der Waals surface area (Å²) in [6.07, 6.45) is 4.26. The van der Waals surface area contributed by atoms with Crippen LogP contribution >= 0.6 is 23.2 Å². The van der Waals surface area contributed by atoms with E-state index in [1.807, 2.05) is 30.3 Å². The van der Waals surface area contributed by atoms with Gasteiger partial charge in [0.2, 0.25) is 5.91 Å². The number of ether oxygens (including phenoxy) is 1. The molecule has 0 aliphatic heterocycles. The van der Waals surface area contributed by atoms with Crippen LogP contribution in [0.1, 0.15) is 36.8 Å². The van der Waals surface area contributed by atoms with E-state index < -0.39 is 24.4 Å². The summed E-state index contributed by atoms with van der Waals surface area (Å²) in [7, 11) is 0. The molecule has 0 unspecified atom stereocenters. The molecule has 37 heavy (non-hydrogen) atoms. The molecule has 1 fully saturated rings. The Morgan fingerprint density at radius 3 is 2.41 bits per heavy atom. The Morgan fingerprint density at radius 2 is 1.70 bits per heavy atom. The second kappa shape index (κ2) is 12.9. The molecule has 0 aromatic heterocycles. The third-order valence-electron chi connectivity index (χ3n) is 6.52. The van der Waals surface area contributed by atoms with Gasteiger partial charge in [0.05, 0.1) is 0 Å². The van der Waals surface area contributed by atoms with Gasteiger partial charge in [0.1, 0.15) is 6.04 Å². The Kier molecular flexibility index (Phi) is 9.42. The number of hydrogen-bond donors (Lipinski definition) is 1. The number of hydrogen-bond acceptors (Lipinski definition) is 3. The first-order valence-corrected chi connectivity index (χ1v) is 13.1. The molecule has 4 rings (SSSR count). The van der Waals surface area contributed by atoms with E-state index in [0.717, 1.165) is 31.2 Å². The fourth-order valence-corrected chi connectivity index (χ4v) is 5.01. The fourth-order valence-electron chi connectivity index (χ4n) is 4.54. The van der Waals surface area contributed by atoms with Crippen LogP contribution in [0, 0.1) is 5.82 Å². The molecule has 194 valence electrons. The predicted octanol–water partition coefficient (Wildman–Crippen LogP) is 6.21. The SMILES string of the molecule is O=C(NC1CCCC1)[C@H](Cc1ccccc1)N(Cc1ccc(Cl)cc1Cl)C(=O)COc1ccccc1F. The van der Waals surface area contributed by atoms with Crippen molar-refractivity contribution in [2.75, 3.05) is 6.61 Å². The van der Waals surface area contributed by atoms with Gasteiger partial charge in [0.15, 0.2) is 18.2 Å². The van der Waals surface area contributed by atoms with E-state index in [1.54, 1.807) is 30.3 Å². The van der Waals surface area contributed by atoms with Crippen LogP contribution in [-0.2, 0) is 22.6 Å². The van der Waals surface area contributed by atoms with Crippen molar-refractivity contribution >= 4 is 35.0 Å². The van der Waals surface area contributed by atoms with Gasteiger partial charge in [-0.1, -0.05) is 84.6 Å². The molecule has 2 amide bonds. The van der Waals surface area contributed by atoms with Crippen LogP contribution in [0.15, 0.2) is 72.8 Å². The molecule has 8 heteroatoms. The van der Waals surface area contributed by atoms with Gasteiger partial charge < -0.3 is 15.0 Å². The normalized spacial score (nSPS) is 14.2. The lowest BCUT2D eigenvalue weighted by molar-refractivity contribution is -0.143. The van der Waals surface area contributed by atoms with Crippen LogP contribution < -0.4 is 10.1 Å². The first-order chi connectivity index (χ1) is 17.9. The summed E-state index contributed by atoms with van der Waals surface area (Å²) in [5, 5.41) is 3.99. The monoisotopic (exact) mass is 542 g/mol. The highest BCUT2D eigenvalue weighted by molar-refractivity contribution is 6.35. The van der Waals surface area contributed by atoms with Crippen LogP contribution in [0.25, 0.3) is 0 Å². The van der Waals surface area contributed by atoms with Gasteiger partial charge in [-0.15, -0.1) is 0 Å². The number of rotatable bonds is 10. The number of carbonyl (C=O) groups is 2. The standard InChI is InChI=1S/C29H29Cl2FN2O3/c30-22-15-14-21(24(31)17-22)18-34(28(35)19-37-27-13-7-6-12-25(27)32)26(16-20-8-2-1-3-9-20)29(36)33-23-10-4-5-11-23/h1-3,6-9,12-15,17,23,26H,4-5,10-11,16,18-19H2,(H,33,36)/t26-/m0/s1. The van der Waals surface area contributed by atoms with Gasteiger partial charge in [0.25, 0.3) is 5.91 Å². The second-order valence-corrected chi connectivity index (χ2v) is 10.0. The smallest absolute Gasteiger partial charge is 0.261 e. The van der Waals surface area contributed by atoms with Crippen molar-refractivity contribution in [3.05, 3.63) is 99.8 Å². The molecule has 1 N–H and O–H groups in total. The highest BCUT2D eigenvalue weighted by atomic mass is 35.5. The van der Waals surface area contributed by atoms with E-state index in [2.05, 4.69) is 5.32 Å². The largest absolute Gasteiger partial charge is 0.481 e. The molecule has 1 aliphatic rings. The lowest BCUT2D eigenvalue weighted by Gasteiger charge is -2.32. The summed E-state index contributed by atoms with van der Waals surface area (Å²) in [6.45, 7) is -0.376. The summed E-state index contributed by atoms with van der Waals surface area (Å²) in [6, 6.07) is 19.7. The van der Waals surface area contributed by atoms with E-state index in [4.69, 9.17) is 27.9 Å². The lowest BCUT2D eigenvalue weighted by atomic mass is 10.0. The third kappa shape index (κ3) is 7.46. The Hall–Kier alpha value is -3.09. The summed E-state index contributed by atoms with van der Waals surface area (Å²) < 4.78 is 19.7. The number of benzene rings is 3. The molecular formula is C29H29Cl2FN2O3. The summed E-state index contributed by atoms with van der Waals surface area (Å²) in [4.78, 5) is 28.7. The molecule has 3 aromatic rings. The number of amides is 2. The Labute approximate surface area is 226 Å². The molecular weight excluding hydrogens is 514 g/mol. The minimum atomic E-state index is -0.827. The van der Waals surface area contributed by atoms with Crippen molar-refractivity contribution < 1.29 is 18.7 Å². The molecule has 1 atom stereocenters. The van der Waals surface area contributed by atoms with Gasteiger partial charge in [-0.2, -0.15) is 0 Å². The highest BCUT2D eigenvalue weighted by Gasteiger charge is 2.33. The number of halogens is 3. The predicted molar refractivity (Wildman–Crippen MR) is 143 cm³/mol. The summed E-state index contributed by atoms with van der Waals surface area (Å²) >= 11 is 12.5. The van der Waals surface area contributed by atoms with Crippen LogP contribution in [0.3, 0.4) is 0 Å². The Balaban J connectivity index is 1.64. The van der Waals surface area contributed by atoms with E-state index in [1.165, 1.54) is 17.0 Å². The number of para-hydroxylation sites is 1. The summed E-state index contributed by atoms with van der Waals surface area (Å²) in [5.74, 6) is -1.30. The maximum absolute atomic E-state index is 14.1. The topological polar surface area (TPSA) is 58.6 Å². The van der Waals surface area contributed by atoms with Crippen molar-refractivity contribution in [1.29, 1.82) is 0 Å². The molecule has 0 saturated heterocycles. The van der Waals surface area contributed by atoms with Crippen molar-refractivity contribution in [2.24, 2.45) is 0 Å². The average Bonchev–Trinajstić information content (AvgIpc) is 3.40. The quantitative estimate of drug-likeness (QED) is 0.331. The zero-order valence-electron chi connectivity index (χ0n) is 20.3. The molecule has 0 radical (unpaired) electrons. The van der Waals surface area contributed by atoms with Crippen molar-refractivity contribution in [1.82, 2.24) is 10.2 Å². The molecule has 0 heterocycles. The molecule has 5 nitrogen and oxygen atoms in total. The molecule has 3 aromatic carbocycles. The zero-order valence-corrected chi connectivity index (χ0v) is 21.9. The van der Waals surface area contributed by atoms with Crippen LogP contribution in [0.4, 0.5) is 4.39 Å². The Morgan fingerprint density at radius 1 is 1.00 bits per heavy atom. The lowest BCUT2D eigenvalue weighted by Crippen LogP contribution is -2.53. The number of carbonyl (C=O) groups excluding carboxylic acids is 2. The summed E-state index contributed by atoms with van der Waals surface area (Å²) in [5.41, 5.74) is 1.54. The third-order valence-corrected chi connectivity index (χ3v) is 7.10. The Bertz CT molecular complexity index is 1220. The van der Waals surface area contributed by atoms with Gasteiger partial charge in [-0.25, -0.2) is 4.39 Å². The molecule has 1 saturated carbocycles.